The maximum absolute atomic E-state index is 12.3. The standard InChI is InChI=1S/C16H19N3O3/c1-21-14-7-6-11(16(20)19-12-9-17-18-10-12)8-15(14)22-13-4-2-3-5-13/h6-10,13H,2-5H2,1H3,(H,17,18)(H,19,20). The monoisotopic (exact) mass is 301 g/mol. The number of hydrogen-bond acceptors (Lipinski definition) is 4. The lowest BCUT2D eigenvalue weighted by molar-refractivity contribution is 0.102. The summed E-state index contributed by atoms with van der Waals surface area (Å²) in [6, 6.07) is 5.21. The second kappa shape index (κ2) is 6.51. The molecule has 0 aliphatic heterocycles. The predicted octanol–water partition coefficient (Wildman–Crippen LogP) is 2.99. The lowest BCUT2D eigenvalue weighted by Gasteiger charge is -2.16. The summed E-state index contributed by atoms with van der Waals surface area (Å²) in [4.78, 5) is 12.3. The van der Waals surface area contributed by atoms with Crippen LogP contribution in [0.3, 0.4) is 0 Å². The number of H-pyrrole nitrogens is 1. The largest absolute Gasteiger partial charge is 0.493 e. The van der Waals surface area contributed by atoms with E-state index in [0.29, 0.717) is 22.7 Å². The molecule has 0 unspecified atom stereocenters. The molecule has 1 aromatic heterocycles. The smallest absolute Gasteiger partial charge is 0.255 e. The second-order valence-corrected chi connectivity index (χ2v) is 5.33. The van der Waals surface area contributed by atoms with Gasteiger partial charge in [-0.1, -0.05) is 0 Å². The van der Waals surface area contributed by atoms with Crippen LogP contribution < -0.4 is 14.8 Å². The fraction of sp³-hybridized carbons (Fsp3) is 0.375. The van der Waals surface area contributed by atoms with Crippen molar-refractivity contribution in [2.75, 3.05) is 12.4 Å². The number of hydrogen-bond donors (Lipinski definition) is 2. The van der Waals surface area contributed by atoms with Crippen molar-refractivity contribution in [1.82, 2.24) is 10.2 Å². The number of nitrogens with zero attached hydrogens (tertiary/aromatic N) is 1. The Kier molecular flexibility index (Phi) is 4.27. The molecule has 1 aromatic carbocycles. The van der Waals surface area contributed by atoms with Gasteiger partial charge in [-0.25, -0.2) is 0 Å². The van der Waals surface area contributed by atoms with Gasteiger partial charge in [-0.3, -0.25) is 9.89 Å². The predicted molar refractivity (Wildman–Crippen MR) is 82.4 cm³/mol. The third-order valence-electron chi connectivity index (χ3n) is 3.78. The number of anilines is 1. The average Bonchev–Trinajstić information content (AvgIpc) is 3.21. The molecule has 0 atom stereocenters. The third-order valence-corrected chi connectivity index (χ3v) is 3.78. The van der Waals surface area contributed by atoms with Crippen LogP contribution >= 0.6 is 0 Å². The third kappa shape index (κ3) is 3.21. The number of carbonyl (C=O) groups excluding carboxylic acids is 1. The highest BCUT2D eigenvalue weighted by Gasteiger charge is 2.19. The van der Waals surface area contributed by atoms with E-state index in [1.54, 1.807) is 37.7 Å². The summed E-state index contributed by atoms with van der Waals surface area (Å²) >= 11 is 0. The summed E-state index contributed by atoms with van der Waals surface area (Å²) in [7, 11) is 1.60. The molecule has 0 bridgehead atoms. The first-order chi connectivity index (χ1) is 10.8. The van der Waals surface area contributed by atoms with Crippen molar-refractivity contribution in [3.05, 3.63) is 36.2 Å². The summed E-state index contributed by atoms with van der Waals surface area (Å²) in [5.41, 5.74) is 1.15. The van der Waals surface area contributed by atoms with Crippen LogP contribution in [0.1, 0.15) is 36.0 Å². The van der Waals surface area contributed by atoms with Crippen molar-refractivity contribution >= 4 is 11.6 Å². The van der Waals surface area contributed by atoms with Gasteiger partial charge in [0.25, 0.3) is 5.91 Å². The minimum atomic E-state index is -0.208. The highest BCUT2D eigenvalue weighted by atomic mass is 16.5. The molecule has 0 spiro atoms. The first kappa shape index (κ1) is 14.4. The zero-order valence-corrected chi connectivity index (χ0v) is 12.5. The minimum absolute atomic E-state index is 0.208. The molecule has 6 nitrogen and oxygen atoms in total. The zero-order valence-electron chi connectivity index (χ0n) is 12.5. The summed E-state index contributed by atoms with van der Waals surface area (Å²) in [6.07, 6.45) is 7.86. The van der Waals surface area contributed by atoms with Crippen LogP contribution in [0.5, 0.6) is 11.5 Å². The molecule has 2 aromatic rings. The molecule has 2 N–H and O–H groups in total. The molecule has 1 heterocycles. The highest BCUT2D eigenvalue weighted by Crippen LogP contribution is 2.32. The zero-order chi connectivity index (χ0) is 15.4. The van der Waals surface area contributed by atoms with E-state index in [1.807, 2.05) is 0 Å². The average molecular weight is 301 g/mol. The number of amides is 1. The van der Waals surface area contributed by atoms with Crippen molar-refractivity contribution in [1.29, 1.82) is 0 Å². The Morgan fingerprint density at radius 2 is 2.14 bits per heavy atom. The van der Waals surface area contributed by atoms with Gasteiger partial charge in [0, 0.05) is 11.8 Å². The van der Waals surface area contributed by atoms with Gasteiger partial charge < -0.3 is 14.8 Å². The lowest BCUT2D eigenvalue weighted by atomic mass is 10.2. The van der Waals surface area contributed by atoms with Crippen LogP contribution in [-0.2, 0) is 0 Å². The van der Waals surface area contributed by atoms with Crippen LogP contribution in [-0.4, -0.2) is 29.3 Å². The molecule has 0 saturated heterocycles. The maximum Gasteiger partial charge on any atom is 0.255 e. The van der Waals surface area contributed by atoms with E-state index in [2.05, 4.69) is 15.5 Å². The van der Waals surface area contributed by atoms with Crippen LogP contribution in [0.2, 0.25) is 0 Å². The van der Waals surface area contributed by atoms with Crippen molar-refractivity contribution < 1.29 is 14.3 Å². The van der Waals surface area contributed by atoms with Crippen LogP contribution in [0.4, 0.5) is 5.69 Å². The van der Waals surface area contributed by atoms with Gasteiger partial charge in [0.2, 0.25) is 0 Å². The summed E-state index contributed by atoms with van der Waals surface area (Å²) in [5.74, 6) is 1.06. The lowest BCUT2D eigenvalue weighted by Crippen LogP contribution is -2.14. The number of aromatic amines is 1. The molecule has 6 heteroatoms. The molecule has 1 saturated carbocycles. The van der Waals surface area contributed by atoms with E-state index < -0.39 is 0 Å². The van der Waals surface area contributed by atoms with E-state index >= 15 is 0 Å². The quantitative estimate of drug-likeness (QED) is 0.890. The maximum atomic E-state index is 12.3. The summed E-state index contributed by atoms with van der Waals surface area (Å²) < 4.78 is 11.3. The Morgan fingerprint density at radius 1 is 1.32 bits per heavy atom. The Bertz CT molecular complexity index is 634. The number of nitrogens with one attached hydrogen (secondary N) is 2. The molecule has 116 valence electrons. The van der Waals surface area contributed by atoms with Gasteiger partial charge in [0.1, 0.15) is 0 Å². The molecule has 1 amide bonds. The van der Waals surface area contributed by atoms with E-state index in [0.717, 1.165) is 12.8 Å². The van der Waals surface area contributed by atoms with Gasteiger partial charge in [-0.2, -0.15) is 5.10 Å². The van der Waals surface area contributed by atoms with E-state index in [4.69, 9.17) is 9.47 Å². The molecule has 1 fully saturated rings. The Balaban J connectivity index is 1.77. The van der Waals surface area contributed by atoms with Crippen molar-refractivity contribution in [2.24, 2.45) is 0 Å². The molecular weight excluding hydrogens is 282 g/mol. The first-order valence-corrected chi connectivity index (χ1v) is 7.41. The molecule has 1 aliphatic carbocycles. The number of aromatic nitrogens is 2. The van der Waals surface area contributed by atoms with Crippen molar-refractivity contribution in [3.63, 3.8) is 0 Å². The summed E-state index contributed by atoms with van der Waals surface area (Å²) in [5, 5.41) is 9.22. The fourth-order valence-electron chi connectivity index (χ4n) is 2.62. The number of methoxy groups -OCH3 is 1. The van der Waals surface area contributed by atoms with Crippen LogP contribution in [0.15, 0.2) is 30.6 Å². The van der Waals surface area contributed by atoms with E-state index in [1.165, 1.54) is 12.8 Å². The van der Waals surface area contributed by atoms with E-state index in [-0.39, 0.29) is 12.0 Å². The van der Waals surface area contributed by atoms with Gasteiger partial charge in [-0.15, -0.1) is 0 Å². The number of carbonyl (C=O) groups is 1. The van der Waals surface area contributed by atoms with Gasteiger partial charge in [0.15, 0.2) is 11.5 Å². The van der Waals surface area contributed by atoms with Gasteiger partial charge in [-0.05, 0) is 43.9 Å². The van der Waals surface area contributed by atoms with Gasteiger partial charge >= 0.3 is 0 Å². The van der Waals surface area contributed by atoms with Crippen molar-refractivity contribution in [2.45, 2.75) is 31.8 Å². The van der Waals surface area contributed by atoms with Crippen LogP contribution in [0, 0.1) is 0 Å². The molecular formula is C16H19N3O3. The number of benzene rings is 1. The van der Waals surface area contributed by atoms with Gasteiger partial charge in [0.05, 0.1) is 25.1 Å². The Labute approximate surface area is 128 Å². The Morgan fingerprint density at radius 3 is 2.82 bits per heavy atom. The molecule has 22 heavy (non-hydrogen) atoms. The first-order valence-electron chi connectivity index (χ1n) is 7.41. The molecule has 3 rings (SSSR count). The SMILES string of the molecule is COc1ccc(C(=O)Nc2cn[nH]c2)cc1OC1CCCC1. The number of rotatable bonds is 5. The molecule has 1 aliphatic rings. The molecule has 0 radical (unpaired) electrons. The fourth-order valence-corrected chi connectivity index (χ4v) is 2.62. The topological polar surface area (TPSA) is 76.2 Å². The minimum Gasteiger partial charge on any atom is -0.493 e. The van der Waals surface area contributed by atoms with Crippen molar-refractivity contribution in [3.8, 4) is 11.5 Å². The second-order valence-electron chi connectivity index (χ2n) is 5.33. The highest BCUT2D eigenvalue weighted by molar-refractivity contribution is 6.04. The normalized spacial score (nSPS) is 14.8. The summed E-state index contributed by atoms with van der Waals surface area (Å²) in [6.45, 7) is 0. The van der Waals surface area contributed by atoms with Crippen LogP contribution in [0.25, 0.3) is 0 Å². The number of ether oxygens (including phenoxy) is 2. The van der Waals surface area contributed by atoms with E-state index in [9.17, 15) is 4.79 Å². The Hall–Kier alpha value is -2.50.